The Kier molecular flexibility index (Phi) is 2.33. The van der Waals surface area contributed by atoms with Gasteiger partial charge in [0, 0.05) is 6.20 Å². The van der Waals surface area contributed by atoms with Crippen molar-refractivity contribution >= 4 is 11.6 Å². The molecule has 0 aromatic carbocycles. The van der Waals surface area contributed by atoms with E-state index in [1.54, 1.807) is 30.5 Å². The van der Waals surface area contributed by atoms with Crippen LogP contribution in [-0.2, 0) is 0 Å². The summed E-state index contributed by atoms with van der Waals surface area (Å²) in [4.78, 5) is 8.12. The van der Waals surface area contributed by atoms with Gasteiger partial charge in [0.15, 0.2) is 0 Å². The summed E-state index contributed by atoms with van der Waals surface area (Å²) in [5.74, 6) is 0.141. The molecule has 70 valence electrons. The first-order valence-electron chi connectivity index (χ1n) is 4.02. The number of halogens is 1. The molecule has 3 nitrogen and oxygen atoms in total. The van der Waals surface area contributed by atoms with Crippen LogP contribution < -0.4 is 0 Å². The van der Waals surface area contributed by atoms with Crippen LogP contribution in [0.4, 0.5) is 0 Å². The first kappa shape index (κ1) is 8.97. The number of hydrogen-bond donors (Lipinski definition) is 1. The summed E-state index contributed by atoms with van der Waals surface area (Å²) < 4.78 is 0. The second-order valence-electron chi connectivity index (χ2n) is 2.76. The van der Waals surface area contributed by atoms with Gasteiger partial charge in [0.25, 0.3) is 0 Å². The predicted molar refractivity (Wildman–Crippen MR) is 54.1 cm³/mol. The average molecular weight is 207 g/mol. The summed E-state index contributed by atoms with van der Waals surface area (Å²) >= 11 is 5.70. The lowest BCUT2D eigenvalue weighted by molar-refractivity contribution is 0.473. The highest BCUT2D eigenvalue weighted by molar-refractivity contribution is 6.30. The third-order valence-corrected chi connectivity index (χ3v) is 1.96. The van der Waals surface area contributed by atoms with Gasteiger partial charge in [-0.25, -0.2) is 0 Å². The number of aromatic hydroxyl groups is 1. The fourth-order valence-corrected chi connectivity index (χ4v) is 1.18. The Hall–Kier alpha value is -1.61. The monoisotopic (exact) mass is 206 g/mol. The molecule has 14 heavy (non-hydrogen) atoms. The lowest BCUT2D eigenvalue weighted by Gasteiger charge is -1.99. The van der Waals surface area contributed by atoms with Crippen molar-refractivity contribution in [2.24, 2.45) is 0 Å². The van der Waals surface area contributed by atoms with Crippen molar-refractivity contribution in [2.75, 3.05) is 0 Å². The van der Waals surface area contributed by atoms with E-state index >= 15 is 0 Å². The van der Waals surface area contributed by atoms with Crippen LogP contribution in [0.3, 0.4) is 0 Å². The van der Waals surface area contributed by atoms with Gasteiger partial charge in [-0.3, -0.25) is 9.97 Å². The zero-order valence-corrected chi connectivity index (χ0v) is 7.94. The van der Waals surface area contributed by atoms with Gasteiger partial charge in [0.2, 0.25) is 0 Å². The Balaban J connectivity index is 2.40. The molecule has 0 saturated carbocycles. The van der Waals surface area contributed by atoms with Crippen LogP contribution in [0.1, 0.15) is 0 Å². The summed E-state index contributed by atoms with van der Waals surface area (Å²) in [5.41, 5.74) is 1.44. The summed E-state index contributed by atoms with van der Waals surface area (Å²) in [6.07, 6.45) is 2.94. The van der Waals surface area contributed by atoms with Crippen molar-refractivity contribution in [3.05, 3.63) is 41.7 Å². The zero-order valence-electron chi connectivity index (χ0n) is 7.18. The Labute approximate surface area is 86.0 Å². The largest absolute Gasteiger partial charge is 0.506 e. The van der Waals surface area contributed by atoms with Crippen molar-refractivity contribution in [1.82, 2.24) is 9.97 Å². The molecule has 0 radical (unpaired) electrons. The molecular weight excluding hydrogens is 200 g/mol. The Bertz CT molecular complexity index is 381. The highest BCUT2D eigenvalue weighted by atomic mass is 35.5. The minimum atomic E-state index is 0.141. The fraction of sp³-hybridized carbons (Fsp3) is 0. The van der Waals surface area contributed by atoms with Crippen LogP contribution in [0.2, 0.25) is 5.02 Å². The van der Waals surface area contributed by atoms with E-state index in [2.05, 4.69) is 9.97 Å². The summed E-state index contributed by atoms with van der Waals surface area (Å²) in [6.45, 7) is 0. The highest BCUT2D eigenvalue weighted by Gasteiger charge is 1.99. The zero-order chi connectivity index (χ0) is 9.97. The smallest absolute Gasteiger partial charge is 0.133 e. The molecule has 0 aliphatic rings. The molecule has 0 saturated heterocycles. The fourth-order valence-electron chi connectivity index (χ4n) is 1.06. The molecule has 0 spiro atoms. The first-order chi connectivity index (χ1) is 6.75. The molecule has 0 fully saturated rings. The quantitative estimate of drug-likeness (QED) is 0.780. The molecule has 0 aliphatic carbocycles. The lowest BCUT2D eigenvalue weighted by atomic mass is 10.2. The molecule has 0 atom stereocenters. The standard InChI is InChI=1S/C10H7ClN2O/c11-7-1-3-9(12-5-7)10-4-2-8(14)6-13-10/h1-6,14H. The van der Waals surface area contributed by atoms with Gasteiger partial charge >= 0.3 is 0 Å². The van der Waals surface area contributed by atoms with Gasteiger partial charge in [0.05, 0.1) is 22.6 Å². The van der Waals surface area contributed by atoms with Crippen molar-refractivity contribution in [3.63, 3.8) is 0 Å². The van der Waals surface area contributed by atoms with E-state index < -0.39 is 0 Å². The van der Waals surface area contributed by atoms with E-state index in [1.165, 1.54) is 6.20 Å². The van der Waals surface area contributed by atoms with Crippen molar-refractivity contribution < 1.29 is 5.11 Å². The molecule has 1 N–H and O–H groups in total. The molecular formula is C10H7ClN2O. The van der Waals surface area contributed by atoms with Gasteiger partial charge in [-0.05, 0) is 24.3 Å². The van der Waals surface area contributed by atoms with Crippen LogP contribution in [-0.4, -0.2) is 15.1 Å². The summed E-state index contributed by atoms with van der Waals surface area (Å²) in [6, 6.07) is 6.80. The molecule has 2 rings (SSSR count). The van der Waals surface area contributed by atoms with Gasteiger partial charge in [0.1, 0.15) is 5.75 Å². The predicted octanol–water partition coefficient (Wildman–Crippen LogP) is 2.50. The van der Waals surface area contributed by atoms with E-state index in [4.69, 9.17) is 16.7 Å². The molecule has 2 aromatic heterocycles. The van der Waals surface area contributed by atoms with E-state index in [1.807, 2.05) is 0 Å². The summed E-state index contributed by atoms with van der Waals surface area (Å²) in [7, 11) is 0. The van der Waals surface area contributed by atoms with Crippen LogP contribution in [0, 0.1) is 0 Å². The average Bonchev–Trinajstić information content (AvgIpc) is 2.21. The maximum Gasteiger partial charge on any atom is 0.133 e. The van der Waals surface area contributed by atoms with E-state index in [0.29, 0.717) is 10.7 Å². The maximum atomic E-state index is 9.04. The van der Waals surface area contributed by atoms with Gasteiger partial charge in [-0.2, -0.15) is 0 Å². The van der Waals surface area contributed by atoms with Crippen LogP contribution >= 0.6 is 11.6 Å². The van der Waals surface area contributed by atoms with Gasteiger partial charge in [-0.15, -0.1) is 0 Å². The first-order valence-corrected chi connectivity index (χ1v) is 4.40. The highest BCUT2D eigenvalue weighted by Crippen LogP contribution is 2.17. The molecule has 0 aliphatic heterocycles. The Morgan fingerprint density at radius 2 is 1.57 bits per heavy atom. The molecule has 0 amide bonds. The second kappa shape index (κ2) is 3.64. The van der Waals surface area contributed by atoms with Crippen molar-refractivity contribution in [3.8, 4) is 17.1 Å². The Morgan fingerprint density at radius 3 is 2.07 bits per heavy atom. The molecule has 0 bridgehead atoms. The van der Waals surface area contributed by atoms with E-state index in [-0.39, 0.29) is 5.75 Å². The topological polar surface area (TPSA) is 46.0 Å². The SMILES string of the molecule is Oc1ccc(-c2ccc(Cl)cn2)nc1. The normalized spacial score (nSPS) is 10.1. The van der Waals surface area contributed by atoms with Crippen LogP contribution in [0.5, 0.6) is 5.75 Å². The number of hydrogen-bond acceptors (Lipinski definition) is 3. The van der Waals surface area contributed by atoms with Crippen molar-refractivity contribution in [2.45, 2.75) is 0 Å². The maximum absolute atomic E-state index is 9.04. The minimum Gasteiger partial charge on any atom is -0.506 e. The van der Waals surface area contributed by atoms with Crippen molar-refractivity contribution in [1.29, 1.82) is 0 Å². The number of aromatic nitrogens is 2. The van der Waals surface area contributed by atoms with Gasteiger partial charge < -0.3 is 5.11 Å². The third kappa shape index (κ3) is 1.83. The lowest BCUT2D eigenvalue weighted by Crippen LogP contribution is -1.85. The Morgan fingerprint density at radius 1 is 0.929 bits per heavy atom. The van der Waals surface area contributed by atoms with Crippen LogP contribution in [0.15, 0.2) is 36.7 Å². The van der Waals surface area contributed by atoms with E-state index in [9.17, 15) is 0 Å². The molecule has 2 heterocycles. The van der Waals surface area contributed by atoms with E-state index in [0.717, 1.165) is 5.69 Å². The second-order valence-corrected chi connectivity index (χ2v) is 3.20. The number of rotatable bonds is 1. The molecule has 0 unspecified atom stereocenters. The minimum absolute atomic E-state index is 0.141. The molecule has 4 heteroatoms. The molecule has 2 aromatic rings. The number of pyridine rings is 2. The number of nitrogens with zero attached hydrogens (tertiary/aromatic N) is 2. The van der Waals surface area contributed by atoms with Crippen LogP contribution in [0.25, 0.3) is 11.4 Å². The third-order valence-electron chi connectivity index (χ3n) is 1.74. The summed E-state index contributed by atoms with van der Waals surface area (Å²) in [5, 5.41) is 9.63. The van der Waals surface area contributed by atoms with Gasteiger partial charge in [-0.1, -0.05) is 11.6 Å².